The molecule has 1 aromatic rings. The zero-order chi connectivity index (χ0) is 13.1. The quantitative estimate of drug-likeness (QED) is 0.803. The molecule has 0 bridgehead atoms. The molecule has 0 aromatic heterocycles. The van der Waals surface area contributed by atoms with Crippen molar-refractivity contribution in [2.24, 2.45) is 11.7 Å². The van der Waals surface area contributed by atoms with Crippen molar-refractivity contribution < 1.29 is 14.3 Å². The van der Waals surface area contributed by atoms with Crippen LogP contribution in [-0.4, -0.2) is 24.5 Å². The molecule has 0 spiro atoms. The molecule has 1 aromatic carbocycles. The lowest BCUT2D eigenvalue weighted by Crippen LogP contribution is -2.46. The van der Waals surface area contributed by atoms with Gasteiger partial charge >= 0.3 is 0 Å². The summed E-state index contributed by atoms with van der Waals surface area (Å²) < 4.78 is 5.52. The van der Waals surface area contributed by atoms with Crippen molar-refractivity contribution in [2.75, 3.05) is 6.61 Å². The Bertz CT molecular complexity index is 473. The fourth-order valence-corrected chi connectivity index (χ4v) is 1.90. The van der Waals surface area contributed by atoms with Gasteiger partial charge in [0.25, 0.3) is 0 Å². The number of benzene rings is 1. The van der Waals surface area contributed by atoms with E-state index in [4.69, 9.17) is 10.5 Å². The lowest BCUT2D eigenvalue weighted by Gasteiger charge is -2.25. The van der Waals surface area contributed by atoms with Crippen molar-refractivity contribution in [1.29, 1.82) is 0 Å². The Balaban J connectivity index is 2.00. The van der Waals surface area contributed by atoms with E-state index < -0.39 is 11.9 Å². The van der Waals surface area contributed by atoms with Crippen LogP contribution in [0.4, 0.5) is 0 Å². The van der Waals surface area contributed by atoms with Gasteiger partial charge in [-0.2, -0.15) is 0 Å². The van der Waals surface area contributed by atoms with Crippen LogP contribution in [-0.2, 0) is 16.0 Å². The number of nitrogens with two attached hydrogens (primary N) is 1. The summed E-state index contributed by atoms with van der Waals surface area (Å²) in [5, 5.41) is 2.59. The summed E-state index contributed by atoms with van der Waals surface area (Å²) >= 11 is 0. The van der Waals surface area contributed by atoms with Gasteiger partial charge in [0.1, 0.15) is 18.4 Å². The SMILES string of the molecule is CC(NC(=O)C1COc2ccccc2C1)C(N)=O. The first-order valence-electron chi connectivity index (χ1n) is 5.88. The zero-order valence-electron chi connectivity index (χ0n) is 10.2. The molecule has 2 unspecified atom stereocenters. The second kappa shape index (κ2) is 5.08. The molecule has 96 valence electrons. The number of hydrogen-bond acceptors (Lipinski definition) is 3. The van der Waals surface area contributed by atoms with Crippen LogP contribution in [0.1, 0.15) is 12.5 Å². The summed E-state index contributed by atoms with van der Waals surface area (Å²) in [4.78, 5) is 22.8. The van der Waals surface area contributed by atoms with Crippen LogP contribution in [0.25, 0.3) is 0 Å². The van der Waals surface area contributed by atoms with Gasteiger partial charge in [-0.3, -0.25) is 9.59 Å². The molecule has 1 aliphatic heterocycles. The van der Waals surface area contributed by atoms with Crippen molar-refractivity contribution in [3.8, 4) is 5.75 Å². The van der Waals surface area contributed by atoms with Crippen LogP contribution in [0.15, 0.2) is 24.3 Å². The fraction of sp³-hybridized carbons (Fsp3) is 0.385. The molecule has 2 amide bonds. The minimum absolute atomic E-state index is 0.198. The maximum Gasteiger partial charge on any atom is 0.239 e. The normalized spacial score (nSPS) is 19.3. The Hall–Kier alpha value is -2.04. The van der Waals surface area contributed by atoms with E-state index >= 15 is 0 Å². The first kappa shape index (κ1) is 12.4. The fourth-order valence-electron chi connectivity index (χ4n) is 1.90. The van der Waals surface area contributed by atoms with E-state index in [0.29, 0.717) is 13.0 Å². The lowest BCUT2D eigenvalue weighted by molar-refractivity contribution is -0.130. The Labute approximate surface area is 105 Å². The molecule has 2 atom stereocenters. The number of carbonyl (C=O) groups excluding carboxylic acids is 2. The number of para-hydroxylation sites is 1. The van der Waals surface area contributed by atoms with Gasteiger partial charge in [0.05, 0.1) is 5.92 Å². The molecule has 2 rings (SSSR count). The van der Waals surface area contributed by atoms with E-state index in [9.17, 15) is 9.59 Å². The highest BCUT2D eigenvalue weighted by atomic mass is 16.5. The van der Waals surface area contributed by atoms with E-state index in [1.807, 2.05) is 24.3 Å². The minimum Gasteiger partial charge on any atom is -0.492 e. The molecule has 3 N–H and O–H groups in total. The van der Waals surface area contributed by atoms with Crippen molar-refractivity contribution in [3.63, 3.8) is 0 Å². The largest absolute Gasteiger partial charge is 0.492 e. The monoisotopic (exact) mass is 248 g/mol. The molecule has 1 aliphatic rings. The van der Waals surface area contributed by atoms with Crippen molar-refractivity contribution in [2.45, 2.75) is 19.4 Å². The highest BCUT2D eigenvalue weighted by Gasteiger charge is 2.27. The Kier molecular flexibility index (Phi) is 3.50. The second-order valence-corrected chi connectivity index (χ2v) is 4.45. The van der Waals surface area contributed by atoms with E-state index in [-0.39, 0.29) is 11.8 Å². The van der Waals surface area contributed by atoms with Crippen LogP contribution in [0.2, 0.25) is 0 Å². The van der Waals surface area contributed by atoms with E-state index in [0.717, 1.165) is 11.3 Å². The number of fused-ring (bicyclic) bond motifs is 1. The molecule has 0 aliphatic carbocycles. The first-order valence-corrected chi connectivity index (χ1v) is 5.88. The maximum absolute atomic E-state index is 11.9. The standard InChI is InChI=1S/C13H16N2O3/c1-8(12(14)16)15-13(17)10-6-9-4-2-3-5-11(9)18-7-10/h2-5,8,10H,6-7H2,1H3,(H2,14,16)(H,15,17). The Morgan fingerprint density at radius 1 is 1.44 bits per heavy atom. The van der Waals surface area contributed by atoms with E-state index in [1.165, 1.54) is 0 Å². The van der Waals surface area contributed by atoms with Crippen molar-refractivity contribution in [1.82, 2.24) is 5.32 Å². The van der Waals surface area contributed by atoms with Gasteiger partial charge < -0.3 is 15.8 Å². The second-order valence-electron chi connectivity index (χ2n) is 4.45. The molecule has 5 nitrogen and oxygen atoms in total. The third-order valence-electron chi connectivity index (χ3n) is 3.04. The third-order valence-corrected chi connectivity index (χ3v) is 3.04. The van der Waals surface area contributed by atoms with Gasteiger partial charge in [0.2, 0.25) is 11.8 Å². The number of ether oxygens (including phenoxy) is 1. The van der Waals surface area contributed by atoms with Gasteiger partial charge in [-0.05, 0) is 25.0 Å². The molecule has 0 saturated carbocycles. The van der Waals surface area contributed by atoms with Crippen molar-refractivity contribution >= 4 is 11.8 Å². The molecular formula is C13H16N2O3. The van der Waals surface area contributed by atoms with Crippen LogP contribution in [0, 0.1) is 5.92 Å². The molecule has 0 saturated heterocycles. The summed E-state index contributed by atoms with van der Waals surface area (Å²) in [7, 11) is 0. The molecule has 0 radical (unpaired) electrons. The van der Waals surface area contributed by atoms with E-state index in [1.54, 1.807) is 6.92 Å². The smallest absolute Gasteiger partial charge is 0.239 e. The van der Waals surface area contributed by atoms with Crippen LogP contribution in [0.5, 0.6) is 5.75 Å². The zero-order valence-corrected chi connectivity index (χ0v) is 10.2. The van der Waals surface area contributed by atoms with Gasteiger partial charge in [-0.1, -0.05) is 18.2 Å². The predicted octanol–water partition coefficient (Wildman–Crippen LogP) is 0.228. The summed E-state index contributed by atoms with van der Waals surface area (Å²) in [6, 6.07) is 6.97. The average Bonchev–Trinajstić information content (AvgIpc) is 2.37. The van der Waals surface area contributed by atoms with E-state index in [2.05, 4.69) is 5.32 Å². The summed E-state index contributed by atoms with van der Waals surface area (Å²) in [6.45, 7) is 1.90. The summed E-state index contributed by atoms with van der Waals surface area (Å²) in [5.41, 5.74) is 6.12. The molecular weight excluding hydrogens is 232 g/mol. The highest BCUT2D eigenvalue weighted by Crippen LogP contribution is 2.26. The molecule has 1 heterocycles. The molecule has 18 heavy (non-hydrogen) atoms. The summed E-state index contributed by atoms with van der Waals surface area (Å²) in [5.74, 6) is -0.192. The molecule has 5 heteroatoms. The van der Waals surface area contributed by atoms with Crippen molar-refractivity contribution in [3.05, 3.63) is 29.8 Å². The van der Waals surface area contributed by atoms with Gasteiger partial charge in [-0.25, -0.2) is 0 Å². The number of rotatable bonds is 3. The van der Waals surface area contributed by atoms with Gasteiger partial charge in [-0.15, -0.1) is 0 Å². The number of hydrogen-bond donors (Lipinski definition) is 2. The number of carbonyl (C=O) groups is 2. The molecule has 0 fully saturated rings. The van der Waals surface area contributed by atoms with Crippen LogP contribution >= 0.6 is 0 Å². The predicted molar refractivity (Wildman–Crippen MR) is 65.9 cm³/mol. The van der Waals surface area contributed by atoms with Crippen LogP contribution < -0.4 is 15.8 Å². The van der Waals surface area contributed by atoms with Gasteiger partial charge in [0, 0.05) is 0 Å². The lowest BCUT2D eigenvalue weighted by atomic mass is 9.96. The third kappa shape index (κ3) is 2.61. The summed E-state index contributed by atoms with van der Waals surface area (Å²) in [6.07, 6.45) is 0.619. The topological polar surface area (TPSA) is 81.4 Å². The maximum atomic E-state index is 11.9. The number of amides is 2. The Morgan fingerprint density at radius 3 is 2.89 bits per heavy atom. The Morgan fingerprint density at radius 2 is 2.17 bits per heavy atom. The number of nitrogens with one attached hydrogen (secondary N) is 1. The average molecular weight is 248 g/mol. The highest BCUT2D eigenvalue weighted by molar-refractivity contribution is 5.87. The van der Waals surface area contributed by atoms with Crippen LogP contribution in [0.3, 0.4) is 0 Å². The minimum atomic E-state index is -0.658. The number of primary amides is 1. The van der Waals surface area contributed by atoms with Gasteiger partial charge in [0.15, 0.2) is 0 Å². The first-order chi connectivity index (χ1) is 8.58.